The highest BCUT2D eigenvalue weighted by Gasteiger charge is 2.09. The van der Waals surface area contributed by atoms with Gasteiger partial charge in [0.1, 0.15) is 12.4 Å². The molecule has 0 radical (unpaired) electrons. The van der Waals surface area contributed by atoms with Crippen molar-refractivity contribution in [3.05, 3.63) is 54.1 Å². The molecule has 0 aliphatic rings. The molecule has 0 aliphatic carbocycles. The SMILES string of the molecule is CCNC(=NCc1nccn1Cc1ccccc1)NC(C)C(C)C.I. The molecule has 0 spiro atoms. The van der Waals surface area contributed by atoms with E-state index < -0.39 is 0 Å². The molecule has 2 rings (SSSR count). The number of aromatic nitrogens is 2. The lowest BCUT2D eigenvalue weighted by Crippen LogP contribution is -2.44. The van der Waals surface area contributed by atoms with Gasteiger partial charge in [0, 0.05) is 31.5 Å². The van der Waals surface area contributed by atoms with Crippen LogP contribution in [0.25, 0.3) is 0 Å². The number of hydrogen-bond donors (Lipinski definition) is 2. The summed E-state index contributed by atoms with van der Waals surface area (Å²) >= 11 is 0. The average molecular weight is 455 g/mol. The van der Waals surface area contributed by atoms with Gasteiger partial charge in [-0.2, -0.15) is 0 Å². The molecule has 25 heavy (non-hydrogen) atoms. The maximum Gasteiger partial charge on any atom is 0.191 e. The first-order valence-corrected chi connectivity index (χ1v) is 8.69. The van der Waals surface area contributed by atoms with Crippen molar-refractivity contribution in [1.29, 1.82) is 0 Å². The van der Waals surface area contributed by atoms with Crippen LogP contribution in [-0.4, -0.2) is 28.1 Å². The molecule has 0 bridgehead atoms. The molecule has 1 aromatic carbocycles. The van der Waals surface area contributed by atoms with Gasteiger partial charge in [0.2, 0.25) is 0 Å². The summed E-state index contributed by atoms with van der Waals surface area (Å²) in [4.78, 5) is 9.15. The molecule has 0 amide bonds. The van der Waals surface area contributed by atoms with E-state index in [9.17, 15) is 0 Å². The number of aliphatic imine (C=N–C) groups is 1. The van der Waals surface area contributed by atoms with Gasteiger partial charge < -0.3 is 15.2 Å². The van der Waals surface area contributed by atoms with E-state index in [1.807, 2.05) is 18.5 Å². The monoisotopic (exact) mass is 455 g/mol. The molecule has 0 aliphatic heterocycles. The molecule has 1 heterocycles. The molecule has 1 unspecified atom stereocenters. The Morgan fingerprint density at radius 3 is 2.56 bits per heavy atom. The van der Waals surface area contributed by atoms with Crippen molar-refractivity contribution in [1.82, 2.24) is 20.2 Å². The lowest BCUT2D eigenvalue weighted by atomic mass is 10.1. The van der Waals surface area contributed by atoms with Crippen LogP contribution in [0.2, 0.25) is 0 Å². The molecule has 0 fully saturated rings. The summed E-state index contributed by atoms with van der Waals surface area (Å²) in [5.41, 5.74) is 1.26. The summed E-state index contributed by atoms with van der Waals surface area (Å²) < 4.78 is 2.15. The highest BCUT2D eigenvalue weighted by Crippen LogP contribution is 2.07. The van der Waals surface area contributed by atoms with Gasteiger partial charge in [-0.1, -0.05) is 44.2 Å². The first-order valence-electron chi connectivity index (χ1n) is 8.69. The summed E-state index contributed by atoms with van der Waals surface area (Å²) in [5, 5.41) is 6.75. The van der Waals surface area contributed by atoms with Crippen molar-refractivity contribution in [3.8, 4) is 0 Å². The lowest BCUT2D eigenvalue weighted by Gasteiger charge is -2.20. The summed E-state index contributed by atoms with van der Waals surface area (Å²) in [6.07, 6.45) is 3.85. The van der Waals surface area contributed by atoms with Gasteiger partial charge in [-0.3, -0.25) is 0 Å². The van der Waals surface area contributed by atoms with Crippen molar-refractivity contribution >= 4 is 29.9 Å². The first kappa shape index (κ1) is 21.5. The first-order chi connectivity index (χ1) is 11.6. The number of halogens is 1. The Hall–Kier alpha value is -1.57. The molecular formula is C19H30IN5. The van der Waals surface area contributed by atoms with Gasteiger partial charge in [-0.25, -0.2) is 9.98 Å². The Kier molecular flexibility index (Phi) is 9.55. The summed E-state index contributed by atoms with van der Waals surface area (Å²) in [7, 11) is 0. The Morgan fingerprint density at radius 2 is 1.92 bits per heavy atom. The third-order valence-electron chi connectivity index (χ3n) is 4.08. The van der Waals surface area contributed by atoms with Crippen molar-refractivity contribution in [2.24, 2.45) is 10.9 Å². The highest BCUT2D eigenvalue weighted by atomic mass is 127. The van der Waals surface area contributed by atoms with E-state index in [-0.39, 0.29) is 24.0 Å². The minimum atomic E-state index is 0. The number of benzene rings is 1. The van der Waals surface area contributed by atoms with Crippen LogP contribution in [0, 0.1) is 5.92 Å². The average Bonchev–Trinajstić information content (AvgIpc) is 3.00. The third kappa shape index (κ3) is 7.05. The number of guanidine groups is 1. The van der Waals surface area contributed by atoms with Gasteiger partial charge in [0.05, 0.1) is 0 Å². The van der Waals surface area contributed by atoms with Gasteiger partial charge in [-0.05, 0) is 25.3 Å². The molecule has 138 valence electrons. The van der Waals surface area contributed by atoms with Crippen LogP contribution in [0.15, 0.2) is 47.7 Å². The Balaban J connectivity index is 0.00000312. The number of imidazole rings is 1. The fraction of sp³-hybridized carbons (Fsp3) is 0.474. The van der Waals surface area contributed by atoms with Crippen LogP contribution in [0.3, 0.4) is 0 Å². The predicted molar refractivity (Wildman–Crippen MR) is 115 cm³/mol. The third-order valence-corrected chi connectivity index (χ3v) is 4.08. The zero-order valence-corrected chi connectivity index (χ0v) is 17.9. The van der Waals surface area contributed by atoms with E-state index >= 15 is 0 Å². The van der Waals surface area contributed by atoms with Crippen molar-refractivity contribution in [2.45, 2.75) is 46.8 Å². The molecule has 0 saturated carbocycles. The summed E-state index contributed by atoms with van der Waals surface area (Å²) in [5.74, 6) is 2.36. The lowest BCUT2D eigenvalue weighted by molar-refractivity contribution is 0.480. The maximum atomic E-state index is 4.69. The van der Waals surface area contributed by atoms with Gasteiger partial charge >= 0.3 is 0 Å². The second-order valence-corrected chi connectivity index (χ2v) is 6.33. The number of nitrogens with zero attached hydrogens (tertiary/aromatic N) is 3. The van der Waals surface area contributed by atoms with Crippen LogP contribution in [0.5, 0.6) is 0 Å². The topological polar surface area (TPSA) is 54.2 Å². The van der Waals surface area contributed by atoms with E-state index in [1.165, 1.54) is 5.56 Å². The number of rotatable bonds is 7. The quantitative estimate of drug-likeness (QED) is 0.381. The standard InChI is InChI=1S/C19H29N5.HI/c1-5-20-19(23-16(4)15(2)3)22-13-18-21-11-12-24(18)14-17-9-7-6-8-10-17;/h6-12,15-16H,5,13-14H2,1-4H3,(H2,20,22,23);1H. The summed E-state index contributed by atoms with van der Waals surface area (Å²) in [6, 6.07) is 10.8. The fourth-order valence-electron chi connectivity index (χ4n) is 2.27. The van der Waals surface area contributed by atoms with Gasteiger partial charge in [-0.15, -0.1) is 24.0 Å². The Bertz CT molecular complexity index is 636. The van der Waals surface area contributed by atoms with E-state index in [1.54, 1.807) is 0 Å². The molecule has 6 heteroatoms. The minimum absolute atomic E-state index is 0. The predicted octanol–water partition coefficient (Wildman–Crippen LogP) is 3.65. The van der Waals surface area contributed by atoms with Crippen molar-refractivity contribution < 1.29 is 0 Å². The van der Waals surface area contributed by atoms with Crippen LogP contribution in [0.1, 0.15) is 39.1 Å². The summed E-state index contributed by atoms with van der Waals surface area (Å²) in [6.45, 7) is 10.9. The van der Waals surface area contributed by atoms with Gasteiger partial charge in [0.15, 0.2) is 5.96 Å². The van der Waals surface area contributed by atoms with Crippen molar-refractivity contribution in [3.63, 3.8) is 0 Å². The minimum Gasteiger partial charge on any atom is -0.357 e. The van der Waals surface area contributed by atoms with Crippen LogP contribution in [0.4, 0.5) is 0 Å². The molecule has 1 aromatic heterocycles. The fourth-order valence-corrected chi connectivity index (χ4v) is 2.27. The molecule has 5 nitrogen and oxygen atoms in total. The number of nitrogens with one attached hydrogen (secondary N) is 2. The van der Waals surface area contributed by atoms with Crippen LogP contribution in [-0.2, 0) is 13.1 Å². The van der Waals surface area contributed by atoms with Crippen LogP contribution >= 0.6 is 24.0 Å². The molecule has 0 saturated heterocycles. The Labute approximate surface area is 168 Å². The normalized spacial score (nSPS) is 12.6. The van der Waals surface area contributed by atoms with Crippen LogP contribution < -0.4 is 10.6 Å². The van der Waals surface area contributed by atoms with Gasteiger partial charge in [0.25, 0.3) is 0 Å². The van der Waals surface area contributed by atoms with E-state index in [0.717, 1.165) is 24.9 Å². The molecule has 2 N–H and O–H groups in total. The molecule has 2 aromatic rings. The zero-order chi connectivity index (χ0) is 17.4. The maximum absolute atomic E-state index is 4.69. The van der Waals surface area contributed by atoms with Crippen molar-refractivity contribution in [2.75, 3.05) is 6.54 Å². The molecule has 1 atom stereocenters. The van der Waals surface area contributed by atoms with E-state index in [2.05, 4.69) is 72.1 Å². The zero-order valence-electron chi connectivity index (χ0n) is 15.6. The largest absolute Gasteiger partial charge is 0.357 e. The number of hydrogen-bond acceptors (Lipinski definition) is 2. The second kappa shape index (κ2) is 11.1. The van der Waals surface area contributed by atoms with E-state index in [0.29, 0.717) is 18.5 Å². The second-order valence-electron chi connectivity index (χ2n) is 6.33. The smallest absolute Gasteiger partial charge is 0.191 e. The Morgan fingerprint density at radius 1 is 1.20 bits per heavy atom. The molecular weight excluding hydrogens is 425 g/mol. The highest BCUT2D eigenvalue weighted by molar-refractivity contribution is 14.0. The van der Waals surface area contributed by atoms with E-state index in [4.69, 9.17) is 4.99 Å².